The Bertz CT molecular complexity index is 1040. The summed E-state index contributed by atoms with van der Waals surface area (Å²) < 4.78 is 17.5. The molecule has 0 spiro atoms. The average Bonchev–Trinajstić information content (AvgIpc) is 3.30. The van der Waals surface area contributed by atoms with Crippen LogP contribution < -0.4 is 9.47 Å². The highest BCUT2D eigenvalue weighted by Gasteiger charge is 2.21. The average molecular weight is 389 g/mol. The van der Waals surface area contributed by atoms with Gasteiger partial charge in [0.2, 0.25) is 16.3 Å². The lowest BCUT2D eigenvalue weighted by atomic mass is 10.2. The van der Waals surface area contributed by atoms with Crippen LogP contribution >= 0.6 is 12.2 Å². The summed E-state index contributed by atoms with van der Waals surface area (Å²) in [6.45, 7) is 2.00. The molecule has 3 rings (SSSR count). The van der Waals surface area contributed by atoms with Crippen LogP contribution in [0.5, 0.6) is 11.5 Å². The van der Waals surface area contributed by atoms with E-state index in [2.05, 4.69) is 15.3 Å². The highest BCUT2D eigenvalue weighted by Crippen LogP contribution is 2.38. The Balaban J connectivity index is 2.04. The van der Waals surface area contributed by atoms with Crippen LogP contribution in [0.25, 0.3) is 11.6 Å². The van der Waals surface area contributed by atoms with E-state index in [9.17, 15) is 10.1 Å². The number of nitrogens with one attached hydrogen (secondary N) is 1. The number of methoxy groups -OCH3 is 1. The molecule has 11 heteroatoms. The number of rotatable bonds is 7. The second-order valence-electron chi connectivity index (χ2n) is 5.15. The molecule has 0 fully saturated rings. The van der Waals surface area contributed by atoms with Crippen molar-refractivity contribution in [2.45, 2.75) is 6.92 Å². The second-order valence-corrected chi connectivity index (χ2v) is 5.53. The van der Waals surface area contributed by atoms with Crippen molar-refractivity contribution in [3.8, 4) is 23.1 Å². The molecule has 0 aliphatic carbocycles. The molecular weight excluding hydrogens is 374 g/mol. The van der Waals surface area contributed by atoms with Gasteiger partial charge in [-0.15, -0.1) is 5.10 Å². The van der Waals surface area contributed by atoms with Gasteiger partial charge in [0.05, 0.1) is 31.1 Å². The van der Waals surface area contributed by atoms with Crippen LogP contribution in [0.3, 0.4) is 0 Å². The molecule has 2 aromatic heterocycles. The van der Waals surface area contributed by atoms with E-state index in [1.165, 1.54) is 30.3 Å². The van der Waals surface area contributed by atoms with Gasteiger partial charge in [-0.1, -0.05) is 0 Å². The largest absolute Gasteiger partial charge is 0.493 e. The molecule has 3 aromatic rings. The zero-order chi connectivity index (χ0) is 19.4. The third-order valence-electron chi connectivity index (χ3n) is 3.48. The van der Waals surface area contributed by atoms with E-state index >= 15 is 0 Å². The standard InChI is InChI=1S/C16H15N5O5S/c1-3-25-14-11(21(22)23)7-10(8-13(14)24-2)9-17-20-15(18-19-16(20)27)12-5-4-6-26-12/h4-9H,3H2,1-2H3,(H,19,27)/b17-9-. The predicted molar refractivity (Wildman–Crippen MR) is 98.9 cm³/mol. The maximum absolute atomic E-state index is 11.4. The first-order chi connectivity index (χ1) is 13.0. The first-order valence-corrected chi connectivity index (χ1v) is 8.20. The molecular formula is C16H15N5O5S. The maximum atomic E-state index is 11.4. The van der Waals surface area contributed by atoms with Crippen molar-refractivity contribution in [2.75, 3.05) is 13.7 Å². The molecule has 0 aliphatic rings. The van der Waals surface area contributed by atoms with Gasteiger partial charge in [0, 0.05) is 11.6 Å². The quantitative estimate of drug-likeness (QED) is 0.284. The van der Waals surface area contributed by atoms with E-state index in [1.807, 2.05) is 0 Å². The Kier molecular flexibility index (Phi) is 5.31. The minimum absolute atomic E-state index is 0.0679. The molecule has 0 aliphatic heterocycles. The van der Waals surface area contributed by atoms with Crippen molar-refractivity contribution in [3.05, 3.63) is 51.0 Å². The third-order valence-corrected chi connectivity index (χ3v) is 3.74. The molecule has 0 atom stereocenters. The zero-order valence-corrected chi connectivity index (χ0v) is 15.2. The number of nitrogens with zero attached hydrogens (tertiary/aromatic N) is 4. The number of aromatic nitrogens is 3. The van der Waals surface area contributed by atoms with E-state index in [-0.39, 0.29) is 28.6 Å². The number of benzene rings is 1. The predicted octanol–water partition coefficient (Wildman–Crippen LogP) is 3.40. The number of furan rings is 1. The van der Waals surface area contributed by atoms with Gasteiger partial charge in [0.25, 0.3) is 0 Å². The van der Waals surface area contributed by atoms with Gasteiger partial charge in [-0.05, 0) is 37.3 Å². The van der Waals surface area contributed by atoms with Gasteiger partial charge >= 0.3 is 5.69 Å². The summed E-state index contributed by atoms with van der Waals surface area (Å²) >= 11 is 5.17. The molecule has 0 bridgehead atoms. The molecule has 1 aromatic carbocycles. The van der Waals surface area contributed by atoms with Gasteiger partial charge in [-0.25, -0.2) is 5.10 Å². The summed E-state index contributed by atoms with van der Waals surface area (Å²) in [5.41, 5.74) is 0.204. The maximum Gasteiger partial charge on any atom is 0.315 e. The van der Waals surface area contributed by atoms with Crippen molar-refractivity contribution in [1.29, 1.82) is 0 Å². The Morgan fingerprint density at radius 2 is 2.33 bits per heavy atom. The summed E-state index contributed by atoms with van der Waals surface area (Å²) in [6, 6.07) is 6.34. The van der Waals surface area contributed by atoms with Gasteiger partial charge in [0.1, 0.15) is 0 Å². The van der Waals surface area contributed by atoms with E-state index in [4.69, 9.17) is 26.1 Å². The molecule has 0 amide bonds. The number of nitro benzene ring substituents is 1. The summed E-state index contributed by atoms with van der Waals surface area (Å²) in [6.07, 6.45) is 2.91. The number of nitro groups is 1. The molecule has 0 saturated heterocycles. The molecule has 0 radical (unpaired) electrons. The van der Waals surface area contributed by atoms with Crippen molar-refractivity contribution in [1.82, 2.24) is 14.9 Å². The van der Waals surface area contributed by atoms with Crippen LogP contribution in [0, 0.1) is 14.9 Å². The van der Waals surface area contributed by atoms with Crippen LogP contribution in [0.15, 0.2) is 40.0 Å². The summed E-state index contributed by atoms with van der Waals surface area (Å²) in [5, 5.41) is 22.4. The Hall–Kier alpha value is -3.47. The van der Waals surface area contributed by atoms with E-state index in [0.29, 0.717) is 17.1 Å². The number of hydrogen-bond acceptors (Lipinski definition) is 8. The lowest BCUT2D eigenvalue weighted by Gasteiger charge is -2.10. The highest BCUT2D eigenvalue weighted by atomic mass is 32.1. The van der Waals surface area contributed by atoms with Crippen molar-refractivity contribution in [3.63, 3.8) is 0 Å². The van der Waals surface area contributed by atoms with Crippen molar-refractivity contribution < 1.29 is 18.8 Å². The van der Waals surface area contributed by atoms with Crippen molar-refractivity contribution >= 4 is 24.1 Å². The second kappa shape index (κ2) is 7.83. The smallest absolute Gasteiger partial charge is 0.315 e. The number of ether oxygens (including phenoxy) is 2. The fraction of sp³-hybridized carbons (Fsp3) is 0.188. The van der Waals surface area contributed by atoms with Gasteiger partial charge < -0.3 is 13.9 Å². The van der Waals surface area contributed by atoms with Crippen LogP contribution in [-0.2, 0) is 0 Å². The van der Waals surface area contributed by atoms with Crippen LogP contribution in [0.1, 0.15) is 12.5 Å². The fourth-order valence-corrected chi connectivity index (χ4v) is 2.53. The lowest BCUT2D eigenvalue weighted by Crippen LogP contribution is -2.02. The minimum atomic E-state index is -0.539. The van der Waals surface area contributed by atoms with E-state index in [1.54, 1.807) is 25.1 Å². The summed E-state index contributed by atoms with van der Waals surface area (Å²) in [5.74, 6) is 1.14. The lowest BCUT2D eigenvalue weighted by molar-refractivity contribution is -0.385. The Morgan fingerprint density at radius 3 is 2.96 bits per heavy atom. The molecule has 0 unspecified atom stereocenters. The number of hydrogen-bond donors (Lipinski definition) is 1. The number of aromatic amines is 1. The zero-order valence-electron chi connectivity index (χ0n) is 14.4. The first-order valence-electron chi connectivity index (χ1n) is 7.80. The molecule has 1 N–H and O–H groups in total. The van der Waals surface area contributed by atoms with Gasteiger partial charge in [-0.2, -0.15) is 9.78 Å². The van der Waals surface area contributed by atoms with Crippen molar-refractivity contribution in [2.24, 2.45) is 5.10 Å². The minimum Gasteiger partial charge on any atom is -0.493 e. The first kappa shape index (κ1) is 18.3. The molecule has 27 heavy (non-hydrogen) atoms. The highest BCUT2D eigenvalue weighted by molar-refractivity contribution is 7.71. The number of H-pyrrole nitrogens is 1. The van der Waals surface area contributed by atoms with Gasteiger partial charge in [-0.3, -0.25) is 10.1 Å². The monoisotopic (exact) mass is 389 g/mol. The topological polar surface area (TPSA) is 121 Å². The molecule has 10 nitrogen and oxygen atoms in total. The van der Waals surface area contributed by atoms with Gasteiger partial charge in [0.15, 0.2) is 11.5 Å². The molecule has 2 heterocycles. The summed E-state index contributed by atoms with van der Waals surface area (Å²) in [7, 11) is 1.41. The Morgan fingerprint density at radius 1 is 1.52 bits per heavy atom. The third kappa shape index (κ3) is 3.72. The molecule has 0 saturated carbocycles. The summed E-state index contributed by atoms with van der Waals surface area (Å²) in [4.78, 5) is 10.9. The Labute approximate surface area is 158 Å². The van der Waals surface area contributed by atoms with Crippen LogP contribution in [0.4, 0.5) is 5.69 Å². The van der Waals surface area contributed by atoms with E-state index < -0.39 is 4.92 Å². The fourth-order valence-electron chi connectivity index (χ4n) is 2.35. The SMILES string of the molecule is CCOc1c(OC)cc(/C=N\n2c(-c3ccco3)n[nH]c2=S)cc1[N+](=O)[O-]. The van der Waals surface area contributed by atoms with Crippen LogP contribution in [-0.4, -0.2) is 39.7 Å². The van der Waals surface area contributed by atoms with E-state index in [0.717, 1.165) is 0 Å². The normalized spacial score (nSPS) is 11.0. The molecule has 140 valence electrons. The van der Waals surface area contributed by atoms with Crippen LogP contribution in [0.2, 0.25) is 0 Å².